The van der Waals surface area contributed by atoms with Gasteiger partial charge in [-0.1, -0.05) is 96.6 Å². The molecule has 3 heteroatoms. The summed E-state index contributed by atoms with van der Waals surface area (Å²) in [6, 6.07) is 36.7. The van der Waals surface area contributed by atoms with Crippen molar-refractivity contribution >= 4 is 17.4 Å². The molecule has 0 saturated carbocycles. The Morgan fingerprint density at radius 1 is 0.697 bits per heavy atom. The van der Waals surface area contributed by atoms with Crippen LogP contribution in [0, 0.1) is 13.8 Å². The molecule has 0 spiro atoms. The maximum atomic E-state index is 14.2. The van der Waals surface area contributed by atoms with Crippen LogP contribution in [0.25, 0.3) is 0 Å². The summed E-state index contributed by atoms with van der Waals surface area (Å²) in [6.07, 6.45) is 0.801. The Morgan fingerprint density at radius 2 is 1.27 bits per heavy atom. The number of rotatable bonds is 7. The Kier molecular flexibility index (Phi) is 7.21. The van der Waals surface area contributed by atoms with Crippen LogP contribution in [0.2, 0.25) is 0 Å². The Labute approximate surface area is 196 Å². The van der Waals surface area contributed by atoms with Gasteiger partial charge < -0.3 is 4.90 Å². The van der Waals surface area contributed by atoms with E-state index in [2.05, 4.69) is 50.2 Å². The van der Waals surface area contributed by atoms with E-state index >= 15 is 0 Å². The molecule has 0 aliphatic carbocycles. The lowest BCUT2D eigenvalue weighted by atomic mass is 10.1. The van der Waals surface area contributed by atoms with E-state index in [1.165, 1.54) is 11.1 Å². The summed E-state index contributed by atoms with van der Waals surface area (Å²) in [5.41, 5.74) is 6.38. The lowest BCUT2D eigenvalue weighted by Gasteiger charge is -2.32. The molecule has 4 aromatic carbocycles. The van der Waals surface area contributed by atoms with E-state index in [0.29, 0.717) is 13.1 Å². The van der Waals surface area contributed by atoms with Crippen molar-refractivity contribution in [1.82, 2.24) is 4.90 Å². The van der Waals surface area contributed by atoms with Crippen LogP contribution in [0.15, 0.2) is 109 Å². The van der Waals surface area contributed by atoms with Gasteiger partial charge in [-0.25, -0.2) is 4.79 Å². The Morgan fingerprint density at radius 3 is 1.88 bits per heavy atom. The molecular weight excluding hydrogens is 404 g/mol. The van der Waals surface area contributed by atoms with Crippen LogP contribution in [-0.4, -0.2) is 17.5 Å². The van der Waals surface area contributed by atoms with Crippen LogP contribution in [-0.2, 0) is 13.0 Å². The third-order valence-electron chi connectivity index (χ3n) is 5.80. The predicted molar refractivity (Wildman–Crippen MR) is 137 cm³/mol. The van der Waals surface area contributed by atoms with E-state index in [0.717, 1.165) is 28.9 Å². The standard InChI is InChI=1S/C30H30N2O/c1-24-18-19-29(25(2)22-24)32(28-16-10-5-11-17-28)30(33)31(23-27-14-8-4-9-15-27)21-20-26-12-6-3-7-13-26/h3-19,22H,20-21,23H2,1-2H3. The van der Waals surface area contributed by atoms with Crippen molar-refractivity contribution in [3.05, 3.63) is 131 Å². The highest BCUT2D eigenvalue weighted by Crippen LogP contribution is 2.30. The zero-order valence-electron chi connectivity index (χ0n) is 19.3. The molecule has 33 heavy (non-hydrogen) atoms. The van der Waals surface area contributed by atoms with Crippen LogP contribution in [0.3, 0.4) is 0 Å². The fourth-order valence-electron chi connectivity index (χ4n) is 4.08. The van der Waals surface area contributed by atoms with Gasteiger partial charge in [0.15, 0.2) is 0 Å². The molecule has 4 aromatic rings. The monoisotopic (exact) mass is 434 g/mol. The highest BCUT2D eigenvalue weighted by atomic mass is 16.2. The van der Waals surface area contributed by atoms with Crippen molar-refractivity contribution in [3.63, 3.8) is 0 Å². The quantitative estimate of drug-likeness (QED) is 0.299. The maximum Gasteiger partial charge on any atom is 0.329 e. The van der Waals surface area contributed by atoms with Crippen molar-refractivity contribution in [2.75, 3.05) is 11.4 Å². The summed E-state index contributed by atoms with van der Waals surface area (Å²) in [5.74, 6) is 0. The Balaban J connectivity index is 1.70. The second-order valence-corrected chi connectivity index (χ2v) is 8.39. The van der Waals surface area contributed by atoms with E-state index in [1.807, 2.05) is 82.6 Å². The number of hydrogen-bond acceptors (Lipinski definition) is 1. The predicted octanol–water partition coefficient (Wildman–Crippen LogP) is 7.31. The number of carbonyl (C=O) groups is 1. The minimum absolute atomic E-state index is 0.0204. The number of para-hydroxylation sites is 1. The summed E-state index contributed by atoms with van der Waals surface area (Å²) < 4.78 is 0. The molecular formula is C30H30N2O. The fraction of sp³-hybridized carbons (Fsp3) is 0.167. The number of aryl methyl sites for hydroxylation is 2. The molecule has 0 N–H and O–H groups in total. The molecule has 0 aromatic heterocycles. The first-order valence-electron chi connectivity index (χ1n) is 11.4. The highest BCUT2D eigenvalue weighted by Gasteiger charge is 2.25. The number of carbonyl (C=O) groups excluding carboxylic acids is 1. The number of amides is 2. The van der Waals surface area contributed by atoms with Gasteiger partial charge in [-0.15, -0.1) is 0 Å². The first-order chi connectivity index (χ1) is 16.1. The second-order valence-electron chi connectivity index (χ2n) is 8.39. The van der Waals surface area contributed by atoms with Crippen molar-refractivity contribution < 1.29 is 4.79 Å². The van der Waals surface area contributed by atoms with E-state index in [1.54, 1.807) is 0 Å². The van der Waals surface area contributed by atoms with Gasteiger partial charge in [0.25, 0.3) is 0 Å². The minimum atomic E-state index is -0.0204. The van der Waals surface area contributed by atoms with Crippen LogP contribution in [0.1, 0.15) is 22.3 Å². The van der Waals surface area contributed by atoms with Crippen LogP contribution < -0.4 is 4.90 Å². The molecule has 3 nitrogen and oxygen atoms in total. The molecule has 0 saturated heterocycles. The molecule has 166 valence electrons. The number of anilines is 2. The van der Waals surface area contributed by atoms with E-state index in [4.69, 9.17) is 0 Å². The molecule has 0 aliphatic rings. The van der Waals surface area contributed by atoms with Crippen molar-refractivity contribution in [2.24, 2.45) is 0 Å². The number of hydrogen-bond donors (Lipinski definition) is 0. The number of urea groups is 1. The van der Waals surface area contributed by atoms with Gasteiger partial charge in [0, 0.05) is 13.1 Å². The molecule has 0 radical (unpaired) electrons. The molecule has 0 bridgehead atoms. The summed E-state index contributed by atoms with van der Waals surface area (Å²) in [7, 11) is 0. The Bertz CT molecular complexity index is 1170. The van der Waals surface area contributed by atoms with Gasteiger partial charge >= 0.3 is 6.03 Å². The number of benzene rings is 4. The molecule has 0 heterocycles. The lowest BCUT2D eigenvalue weighted by Crippen LogP contribution is -2.42. The molecule has 0 unspecified atom stereocenters. The Hall–Kier alpha value is -3.85. The molecule has 0 aliphatic heterocycles. The summed E-state index contributed by atoms with van der Waals surface area (Å²) in [6.45, 7) is 5.33. The topological polar surface area (TPSA) is 23.6 Å². The smallest absolute Gasteiger partial charge is 0.319 e. The molecule has 0 fully saturated rings. The van der Waals surface area contributed by atoms with Gasteiger partial charge in [-0.05, 0) is 55.2 Å². The highest BCUT2D eigenvalue weighted by molar-refractivity contribution is 6.00. The van der Waals surface area contributed by atoms with Gasteiger partial charge in [-0.2, -0.15) is 0 Å². The van der Waals surface area contributed by atoms with E-state index in [9.17, 15) is 4.79 Å². The summed E-state index contributed by atoms with van der Waals surface area (Å²) in [5, 5.41) is 0. The maximum absolute atomic E-state index is 14.2. The van der Waals surface area contributed by atoms with Gasteiger partial charge in [0.05, 0.1) is 11.4 Å². The third-order valence-corrected chi connectivity index (χ3v) is 5.80. The average Bonchev–Trinajstić information content (AvgIpc) is 2.85. The minimum Gasteiger partial charge on any atom is -0.319 e. The largest absolute Gasteiger partial charge is 0.329 e. The van der Waals surface area contributed by atoms with E-state index < -0.39 is 0 Å². The van der Waals surface area contributed by atoms with Crippen molar-refractivity contribution in [1.29, 1.82) is 0 Å². The first kappa shape index (κ1) is 22.3. The number of nitrogens with zero attached hydrogens (tertiary/aromatic N) is 2. The third kappa shape index (κ3) is 5.69. The summed E-state index contributed by atoms with van der Waals surface area (Å²) >= 11 is 0. The molecule has 4 rings (SSSR count). The van der Waals surface area contributed by atoms with E-state index in [-0.39, 0.29) is 6.03 Å². The van der Waals surface area contributed by atoms with Crippen molar-refractivity contribution in [3.8, 4) is 0 Å². The van der Waals surface area contributed by atoms with Crippen molar-refractivity contribution in [2.45, 2.75) is 26.8 Å². The summed E-state index contributed by atoms with van der Waals surface area (Å²) in [4.78, 5) is 18.0. The van der Waals surface area contributed by atoms with Gasteiger partial charge in [0.1, 0.15) is 0 Å². The van der Waals surface area contributed by atoms with Crippen LogP contribution in [0.5, 0.6) is 0 Å². The zero-order valence-corrected chi connectivity index (χ0v) is 19.3. The molecule has 2 amide bonds. The van der Waals surface area contributed by atoms with Gasteiger partial charge in [0.2, 0.25) is 0 Å². The zero-order chi connectivity index (χ0) is 23.0. The second kappa shape index (κ2) is 10.6. The van der Waals surface area contributed by atoms with Crippen LogP contribution >= 0.6 is 0 Å². The normalized spacial score (nSPS) is 10.6. The average molecular weight is 435 g/mol. The lowest BCUT2D eigenvalue weighted by molar-refractivity contribution is 0.205. The van der Waals surface area contributed by atoms with Gasteiger partial charge in [-0.3, -0.25) is 4.90 Å². The fourth-order valence-corrected chi connectivity index (χ4v) is 4.08. The first-order valence-corrected chi connectivity index (χ1v) is 11.4. The van der Waals surface area contributed by atoms with Crippen LogP contribution in [0.4, 0.5) is 16.2 Å². The molecule has 0 atom stereocenters. The SMILES string of the molecule is Cc1ccc(N(C(=O)N(CCc2ccccc2)Cc2ccccc2)c2ccccc2)c(C)c1.